The Morgan fingerprint density at radius 3 is 2.50 bits per heavy atom. The van der Waals surface area contributed by atoms with Crippen LogP contribution in [0.1, 0.15) is 12.6 Å². The molecule has 1 heterocycles. The largest absolute Gasteiger partial charge is 0.494 e. The first kappa shape index (κ1) is 12.3. The van der Waals surface area contributed by atoms with E-state index < -0.39 is 0 Å². The van der Waals surface area contributed by atoms with Crippen molar-refractivity contribution < 1.29 is 9.47 Å². The predicted molar refractivity (Wildman–Crippen MR) is 67.6 cm³/mol. The van der Waals surface area contributed by atoms with Crippen LogP contribution < -0.4 is 15.2 Å². The minimum Gasteiger partial charge on any atom is -0.494 e. The van der Waals surface area contributed by atoms with Crippen LogP contribution in [-0.2, 0) is 6.54 Å². The summed E-state index contributed by atoms with van der Waals surface area (Å²) in [5.74, 6) is 1.47. The van der Waals surface area contributed by atoms with Crippen molar-refractivity contribution in [3.8, 4) is 17.5 Å². The number of hydrogen-bond donors (Lipinski definition) is 1. The molecular formula is C13H15N3O2. The van der Waals surface area contributed by atoms with Gasteiger partial charge in [0.05, 0.1) is 12.3 Å². The molecule has 1 aromatic carbocycles. The van der Waals surface area contributed by atoms with Crippen molar-refractivity contribution in [1.82, 2.24) is 9.97 Å². The molecule has 0 saturated heterocycles. The monoisotopic (exact) mass is 245 g/mol. The number of rotatable bonds is 5. The summed E-state index contributed by atoms with van der Waals surface area (Å²) in [5, 5.41) is 0. The quantitative estimate of drug-likeness (QED) is 0.873. The molecule has 0 bridgehead atoms. The van der Waals surface area contributed by atoms with Crippen molar-refractivity contribution in [2.45, 2.75) is 13.5 Å². The summed E-state index contributed by atoms with van der Waals surface area (Å²) in [6, 6.07) is 9.34. The second kappa shape index (κ2) is 5.97. The Hall–Kier alpha value is -2.14. The molecule has 0 unspecified atom stereocenters. The molecule has 94 valence electrons. The second-order valence-corrected chi connectivity index (χ2v) is 3.54. The average molecular weight is 245 g/mol. The summed E-state index contributed by atoms with van der Waals surface area (Å²) in [5.41, 5.74) is 6.24. The average Bonchev–Trinajstić information content (AvgIpc) is 2.42. The number of aromatic nitrogens is 2. The number of benzene rings is 1. The highest BCUT2D eigenvalue weighted by atomic mass is 16.5. The highest BCUT2D eigenvalue weighted by Crippen LogP contribution is 2.21. The lowest BCUT2D eigenvalue weighted by Gasteiger charge is -2.06. The molecule has 2 rings (SSSR count). The predicted octanol–water partition coefficient (Wildman–Crippen LogP) is 2.13. The van der Waals surface area contributed by atoms with E-state index in [1.54, 1.807) is 12.3 Å². The van der Waals surface area contributed by atoms with Crippen molar-refractivity contribution in [1.29, 1.82) is 0 Å². The molecule has 0 fully saturated rings. The van der Waals surface area contributed by atoms with Crippen LogP contribution in [0.2, 0.25) is 0 Å². The fraction of sp³-hybridized carbons (Fsp3) is 0.231. The SMILES string of the molecule is CCOc1ccc(Oc2nccc(CN)n2)cc1. The van der Waals surface area contributed by atoms with Crippen LogP contribution >= 0.6 is 0 Å². The Morgan fingerprint density at radius 1 is 1.11 bits per heavy atom. The molecule has 2 aromatic rings. The van der Waals surface area contributed by atoms with Gasteiger partial charge in [0.2, 0.25) is 0 Å². The molecule has 1 aromatic heterocycles. The lowest BCUT2D eigenvalue weighted by atomic mass is 10.3. The highest BCUT2D eigenvalue weighted by molar-refractivity contribution is 5.32. The fourth-order valence-corrected chi connectivity index (χ4v) is 1.41. The topological polar surface area (TPSA) is 70.3 Å². The molecule has 5 heteroatoms. The molecule has 18 heavy (non-hydrogen) atoms. The van der Waals surface area contributed by atoms with Gasteiger partial charge in [-0.25, -0.2) is 4.98 Å². The van der Waals surface area contributed by atoms with Gasteiger partial charge in [-0.1, -0.05) is 0 Å². The van der Waals surface area contributed by atoms with Crippen LogP contribution in [0.3, 0.4) is 0 Å². The number of hydrogen-bond acceptors (Lipinski definition) is 5. The maximum Gasteiger partial charge on any atom is 0.322 e. The number of ether oxygens (including phenoxy) is 2. The van der Waals surface area contributed by atoms with Gasteiger partial charge in [-0.05, 0) is 37.3 Å². The van der Waals surface area contributed by atoms with E-state index in [1.807, 2.05) is 31.2 Å². The Morgan fingerprint density at radius 2 is 1.83 bits per heavy atom. The summed E-state index contributed by atoms with van der Waals surface area (Å²) in [7, 11) is 0. The molecule has 0 amide bonds. The van der Waals surface area contributed by atoms with E-state index in [0.717, 1.165) is 11.4 Å². The van der Waals surface area contributed by atoms with Crippen molar-refractivity contribution in [3.05, 3.63) is 42.2 Å². The summed E-state index contributed by atoms with van der Waals surface area (Å²) < 4.78 is 10.9. The van der Waals surface area contributed by atoms with Crippen LogP contribution in [-0.4, -0.2) is 16.6 Å². The van der Waals surface area contributed by atoms with Crippen molar-refractivity contribution in [2.24, 2.45) is 5.73 Å². The summed E-state index contributed by atoms with van der Waals surface area (Å²) in [6.07, 6.45) is 1.62. The van der Waals surface area contributed by atoms with Crippen LogP contribution in [0.4, 0.5) is 0 Å². The minimum absolute atomic E-state index is 0.294. The highest BCUT2D eigenvalue weighted by Gasteiger charge is 2.02. The van der Waals surface area contributed by atoms with Crippen LogP contribution in [0.5, 0.6) is 17.5 Å². The zero-order valence-corrected chi connectivity index (χ0v) is 10.2. The van der Waals surface area contributed by atoms with E-state index in [1.165, 1.54) is 0 Å². The Kier molecular flexibility index (Phi) is 4.09. The Bertz CT molecular complexity index is 500. The third-order valence-corrected chi connectivity index (χ3v) is 2.24. The summed E-state index contributed by atoms with van der Waals surface area (Å²) in [6.45, 7) is 2.95. The first-order valence-electron chi connectivity index (χ1n) is 5.74. The third-order valence-electron chi connectivity index (χ3n) is 2.24. The second-order valence-electron chi connectivity index (χ2n) is 3.54. The zero-order valence-electron chi connectivity index (χ0n) is 10.2. The zero-order chi connectivity index (χ0) is 12.8. The Labute approximate surface area is 106 Å². The molecule has 0 aliphatic rings. The van der Waals surface area contributed by atoms with Crippen molar-refractivity contribution in [3.63, 3.8) is 0 Å². The fourth-order valence-electron chi connectivity index (χ4n) is 1.41. The number of nitrogens with zero attached hydrogens (tertiary/aromatic N) is 2. The molecule has 0 spiro atoms. The van der Waals surface area contributed by atoms with E-state index >= 15 is 0 Å². The van der Waals surface area contributed by atoms with E-state index in [0.29, 0.717) is 24.9 Å². The molecule has 5 nitrogen and oxygen atoms in total. The van der Waals surface area contributed by atoms with Gasteiger partial charge in [-0.15, -0.1) is 0 Å². The molecular weight excluding hydrogens is 230 g/mol. The lowest BCUT2D eigenvalue weighted by Crippen LogP contribution is -2.01. The van der Waals surface area contributed by atoms with Crippen molar-refractivity contribution >= 4 is 0 Å². The van der Waals surface area contributed by atoms with Crippen molar-refractivity contribution in [2.75, 3.05) is 6.61 Å². The standard InChI is InChI=1S/C13H15N3O2/c1-2-17-11-3-5-12(6-4-11)18-13-15-8-7-10(9-14)16-13/h3-8H,2,9,14H2,1H3. The maximum absolute atomic E-state index is 5.52. The molecule has 0 aliphatic heterocycles. The first-order valence-corrected chi connectivity index (χ1v) is 5.74. The Balaban J connectivity index is 2.08. The maximum atomic E-state index is 5.52. The smallest absolute Gasteiger partial charge is 0.322 e. The molecule has 2 N–H and O–H groups in total. The van der Waals surface area contributed by atoms with Gasteiger partial charge >= 0.3 is 6.01 Å². The molecule has 0 saturated carbocycles. The van der Waals surface area contributed by atoms with E-state index in [9.17, 15) is 0 Å². The summed E-state index contributed by atoms with van der Waals surface area (Å²) in [4.78, 5) is 8.18. The van der Waals surface area contributed by atoms with Gasteiger partial charge in [0.1, 0.15) is 11.5 Å². The van der Waals surface area contributed by atoms with E-state index in [4.69, 9.17) is 15.2 Å². The van der Waals surface area contributed by atoms with Gasteiger partial charge in [0, 0.05) is 12.7 Å². The van der Waals surface area contributed by atoms with E-state index in [-0.39, 0.29) is 0 Å². The first-order chi connectivity index (χ1) is 8.81. The number of nitrogens with two attached hydrogens (primary N) is 1. The van der Waals surface area contributed by atoms with Gasteiger partial charge in [0.25, 0.3) is 0 Å². The van der Waals surface area contributed by atoms with E-state index in [2.05, 4.69) is 9.97 Å². The molecule has 0 radical (unpaired) electrons. The van der Waals surface area contributed by atoms with Gasteiger partial charge in [-0.2, -0.15) is 4.98 Å². The molecule has 0 aliphatic carbocycles. The normalized spacial score (nSPS) is 10.1. The molecule has 0 atom stereocenters. The van der Waals surface area contributed by atoms with Crippen LogP contribution in [0.15, 0.2) is 36.5 Å². The summed E-state index contributed by atoms with van der Waals surface area (Å²) >= 11 is 0. The minimum atomic E-state index is 0.294. The van der Waals surface area contributed by atoms with Crippen LogP contribution in [0, 0.1) is 0 Å². The van der Waals surface area contributed by atoms with Crippen LogP contribution in [0.25, 0.3) is 0 Å². The van der Waals surface area contributed by atoms with Gasteiger partial charge in [-0.3, -0.25) is 0 Å². The lowest BCUT2D eigenvalue weighted by molar-refractivity contribution is 0.339. The van der Waals surface area contributed by atoms with Gasteiger partial charge < -0.3 is 15.2 Å². The van der Waals surface area contributed by atoms with Gasteiger partial charge in [0.15, 0.2) is 0 Å². The third kappa shape index (κ3) is 3.18.